The molecular formula is C29H16Cl4F3N3O2. The van der Waals surface area contributed by atoms with Gasteiger partial charge in [-0.3, -0.25) is 4.79 Å². The van der Waals surface area contributed by atoms with Crippen molar-refractivity contribution in [3.05, 3.63) is 126 Å². The van der Waals surface area contributed by atoms with Crippen molar-refractivity contribution in [1.82, 2.24) is 9.66 Å². The van der Waals surface area contributed by atoms with Crippen molar-refractivity contribution in [2.75, 3.05) is 0 Å². The second-order valence-corrected chi connectivity index (χ2v) is 10.4. The lowest BCUT2D eigenvalue weighted by atomic mass is 10.1. The van der Waals surface area contributed by atoms with Gasteiger partial charge < -0.3 is 4.74 Å². The van der Waals surface area contributed by atoms with E-state index in [9.17, 15) is 18.0 Å². The average molecular weight is 637 g/mol. The maximum atomic E-state index is 13.4. The largest absolute Gasteiger partial charge is 0.486 e. The van der Waals surface area contributed by atoms with Crippen molar-refractivity contribution in [1.29, 1.82) is 0 Å². The number of ether oxygens (including phenoxy) is 1. The summed E-state index contributed by atoms with van der Waals surface area (Å²) in [4.78, 5) is 17.8. The fourth-order valence-corrected chi connectivity index (χ4v) is 4.89. The number of alkyl halides is 3. The molecule has 4 aromatic carbocycles. The highest BCUT2D eigenvalue weighted by Gasteiger charge is 2.31. The van der Waals surface area contributed by atoms with Crippen LogP contribution in [0.4, 0.5) is 13.2 Å². The van der Waals surface area contributed by atoms with E-state index in [2.05, 4.69) is 10.1 Å². The first-order valence-electron chi connectivity index (χ1n) is 11.8. The van der Waals surface area contributed by atoms with Gasteiger partial charge in [0, 0.05) is 5.56 Å². The monoisotopic (exact) mass is 635 g/mol. The van der Waals surface area contributed by atoms with Gasteiger partial charge in [0.05, 0.1) is 42.8 Å². The third-order valence-corrected chi connectivity index (χ3v) is 7.21. The van der Waals surface area contributed by atoms with Crippen LogP contribution in [-0.2, 0) is 12.8 Å². The molecule has 5 nitrogen and oxygen atoms in total. The van der Waals surface area contributed by atoms with Crippen LogP contribution in [0.25, 0.3) is 22.3 Å². The van der Waals surface area contributed by atoms with Crippen molar-refractivity contribution in [3.8, 4) is 17.1 Å². The normalized spacial score (nSPS) is 11.9. The number of fused-ring (bicyclic) bond motifs is 1. The molecule has 12 heteroatoms. The smallest absolute Gasteiger partial charge is 0.416 e. The summed E-state index contributed by atoms with van der Waals surface area (Å²) in [5.74, 6) is 0.139. The Morgan fingerprint density at radius 1 is 0.854 bits per heavy atom. The number of rotatable bonds is 6. The molecule has 0 atom stereocenters. The second kappa shape index (κ2) is 11.7. The van der Waals surface area contributed by atoms with Crippen LogP contribution in [0, 0.1) is 0 Å². The summed E-state index contributed by atoms with van der Waals surface area (Å²) in [5, 5.41) is 5.63. The number of nitrogens with zero attached hydrogens (tertiary/aromatic N) is 3. The minimum Gasteiger partial charge on any atom is -0.486 e. The maximum absolute atomic E-state index is 13.4. The Balaban J connectivity index is 1.51. The molecule has 1 aromatic heterocycles. The predicted octanol–water partition coefficient (Wildman–Crippen LogP) is 9.16. The second-order valence-electron chi connectivity index (χ2n) is 8.74. The molecule has 0 spiro atoms. The zero-order valence-electron chi connectivity index (χ0n) is 20.6. The van der Waals surface area contributed by atoms with Crippen LogP contribution in [0.1, 0.15) is 16.7 Å². The van der Waals surface area contributed by atoms with Crippen LogP contribution < -0.4 is 10.3 Å². The van der Waals surface area contributed by atoms with E-state index in [4.69, 9.17) is 51.1 Å². The zero-order chi connectivity index (χ0) is 29.3. The Hall–Kier alpha value is -3.56. The van der Waals surface area contributed by atoms with Crippen molar-refractivity contribution in [2.24, 2.45) is 5.10 Å². The minimum absolute atomic E-state index is 0.0574. The van der Waals surface area contributed by atoms with Crippen molar-refractivity contribution in [3.63, 3.8) is 0 Å². The third-order valence-electron chi connectivity index (χ3n) is 5.91. The van der Waals surface area contributed by atoms with Gasteiger partial charge in [-0.25, -0.2) is 4.98 Å². The molecule has 0 N–H and O–H groups in total. The number of hydrogen-bond donors (Lipinski definition) is 0. The van der Waals surface area contributed by atoms with Gasteiger partial charge in [-0.15, -0.1) is 0 Å². The van der Waals surface area contributed by atoms with E-state index >= 15 is 0 Å². The lowest BCUT2D eigenvalue weighted by Crippen LogP contribution is -2.20. The molecule has 0 radical (unpaired) electrons. The summed E-state index contributed by atoms with van der Waals surface area (Å²) < 4.78 is 47.0. The highest BCUT2D eigenvalue weighted by molar-refractivity contribution is 6.42. The summed E-state index contributed by atoms with van der Waals surface area (Å²) in [7, 11) is 0. The first-order chi connectivity index (χ1) is 19.5. The highest BCUT2D eigenvalue weighted by Crippen LogP contribution is 2.35. The predicted molar refractivity (Wildman–Crippen MR) is 157 cm³/mol. The van der Waals surface area contributed by atoms with Crippen molar-refractivity contribution >= 4 is 63.5 Å². The van der Waals surface area contributed by atoms with Crippen molar-refractivity contribution < 1.29 is 17.9 Å². The van der Waals surface area contributed by atoms with Gasteiger partial charge in [0.15, 0.2) is 11.6 Å². The molecule has 5 rings (SSSR count). The molecule has 5 aromatic rings. The van der Waals surface area contributed by atoms with Crippen LogP contribution in [0.2, 0.25) is 20.1 Å². The van der Waals surface area contributed by atoms with Crippen LogP contribution in [0.15, 0.2) is 88.8 Å². The number of halogens is 7. The third kappa shape index (κ3) is 6.36. The fraction of sp³-hybridized carbons (Fsp3) is 0.0690. The summed E-state index contributed by atoms with van der Waals surface area (Å²) in [5.41, 5.74) is 0.0493. The summed E-state index contributed by atoms with van der Waals surface area (Å²) in [6.45, 7) is 0.113. The van der Waals surface area contributed by atoms with Crippen LogP contribution in [0.3, 0.4) is 0 Å². The molecule has 0 aliphatic heterocycles. The van der Waals surface area contributed by atoms with E-state index in [-0.39, 0.29) is 39.2 Å². The van der Waals surface area contributed by atoms with Crippen LogP contribution in [0.5, 0.6) is 5.75 Å². The first-order valence-corrected chi connectivity index (χ1v) is 13.3. The Kier molecular flexibility index (Phi) is 8.29. The number of para-hydroxylation sites is 1. The SMILES string of the molecule is O=c1c2ccccc2nc(-c2cccc(C(F)(F)F)c2)n1N=Cc1cc(Cl)c(OCc2ccc(Cl)c(Cl)c2)c(Cl)c1. The van der Waals surface area contributed by atoms with Gasteiger partial charge in [0.1, 0.15) is 6.61 Å². The molecule has 0 unspecified atom stereocenters. The molecule has 0 aliphatic carbocycles. The number of benzene rings is 4. The van der Waals surface area contributed by atoms with E-state index < -0.39 is 17.3 Å². The quantitative estimate of drug-likeness (QED) is 0.175. The van der Waals surface area contributed by atoms with E-state index in [1.54, 1.807) is 42.5 Å². The molecule has 0 bridgehead atoms. The molecule has 41 heavy (non-hydrogen) atoms. The molecule has 0 amide bonds. The van der Waals surface area contributed by atoms with E-state index in [0.29, 0.717) is 21.1 Å². The highest BCUT2D eigenvalue weighted by atomic mass is 35.5. The number of aromatic nitrogens is 2. The molecule has 1 heterocycles. The molecule has 0 saturated heterocycles. The van der Waals surface area contributed by atoms with Gasteiger partial charge >= 0.3 is 6.18 Å². The Morgan fingerprint density at radius 2 is 1.59 bits per heavy atom. The van der Waals surface area contributed by atoms with E-state index in [1.807, 2.05) is 0 Å². The Bertz CT molecular complexity index is 1850. The molecule has 0 saturated carbocycles. The first kappa shape index (κ1) is 29.0. The molecule has 0 aliphatic rings. The maximum Gasteiger partial charge on any atom is 0.416 e. The Labute approximate surface area is 251 Å². The van der Waals surface area contributed by atoms with E-state index in [1.165, 1.54) is 30.5 Å². The number of hydrogen-bond acceptors (Lipinski definition) is 4. The lowest BCUT2D eigenvalue weighted by molar-refractivity contribution is -0.137. The summed E-state index contributed by atoms with van der Waals surface area (Å²) >= 11 is 24.9. The minimum atomic E-state index is -4.58. The zero-order valence-corrected chi connectivity index (χ0v) is 23.6. The molecule has 0 fully saturated rings. The van der Waals surface area contributed by atoms with Crippen molar-refractivity contribution in [2.45, 2.75) is 12.8 Å². The Morgan fingerprint density at radius 3 is 2.29 bits per heavy atom. The van der Waals surface area contributed by atoms with E-state index in [0.717, 1.165) is 22.4 Å². The standard InChI is InChI=1S/C29H16Cl4F3N3O2/c30-21-9-8-16(10-22(21)31)15-41-26-23(32)11-17(12-24(26)33)14-37-39-27(18-4-3-5-19(13-18)29(34,35)36)38-25-7-2-1-6-20(25)28(39)40/h1-14H,15H2. The van der Waals surface area contributed by atoms with Gasteiger partial charge in [0.25, 0.3) is 5.56 Å². The topological polar surface area (TPSA) is 56.5 Å². The molecule has 208 valence electrons. The fourth-order valence-electron chi connectivity index (χ4n) is 3.95. The summed E-state index contributed by atoms with van der Waals surface area (Å²) in [6, 6.07) is 19.1. The molecular weight excluding hydrogens is 621 g/mol. The van der Waals surface area contributed by atoms with Gasteiger partial charge in [0.2, 0.25) is 0 Å². The van der Waals surface area contributed by atoms with Crippen LogP contribution >= 0.6 is 46.4 Å². The summed E-state index contributed by atoms with van der Waals surface area (Å²) in [6.07, 6.45) is -3.28. The van der Waals surface area contributed by atoms with Gasteiger partial charge in [-0.2, -0.15) is 22.9 Å². The van der Waals surface area contributed by atoms with Gasteiger partial charge in [-0.1, -0.05) is 76.7 Å². The average Bonchev–Trinajstić information content (AvgIpc) is 2.93. The lowest BCUT2D eigenvalue weighted by Gasteiger charge is -2.13. The van der Waals surface area contributed by atoms with Crippen LogP contribution in [-0.4, -0.2) is 15.9 Å². The van der Waals surface area contributed by atoms with Gasteiger partial charge in [-0.05, 0) is 59.7 Å².